The standard InChI is InChI=1S/C23H19ClF2N4O4/c1-12-2-3-13(20(31)29-17-6-7-27-21(17)32)8-18(12)30-11-28-22(19(24)23(30)33)34-10-14-4-5-15(25)9-16(14)26/h2-5,8-9,11,17H,6-7,10H2,1H3,(H,27,32)(H,29,31). The average Bonchev–Trinajstić information content (AvgIpc) is 3.20. The first-order chi connectivity index (χ1) is 16.2. The number of aryl methyl sites for hydroxylation is 1. The van der Waals surface area contributed by atoms with Gasteiger partial charge in [-0.2, -0.15) is 0 Å². The number of hydrogen-bond donors (Lipinski definition) is 2. The molecule has 2 N–H and O–H groups in total. The van der Waals surface area contributed by atoms with E-state index in [9.17, 15) is 23.2 Å². The van der Waals surface area contributed by atoms with Crippen molar-refractivity contribution in [2.45, 2.75) is 26.0 Å². The van der Waals surface area contributed by atoms with Gasteiger partial charge in [0.2, 0.25) is 11.8 Å². The molecule has 2 amide bonds. The molecule has 1 atom stereocenters. The van der Waals surface area contributed by atoms with E-state index in [0.717, 1.165) is 16.7 Å². The third kappa shape index (κ3) is 4.76. The lowest BCUT2D eigenvalue weighted by Crippen LogP contribution is -2.40. The largest absolute Gasteiger partial charge is 0.471 e. The molecule has 1 fully saturated rings. The zero-order valence-electron chi connectivity index (χ0n) is 17.9. The fourth-order valence-electron chi connectivity index (χ4n) is 3.46. The van der Waals surface area contributed by atoms with Crippen molar-refractivity contribution in [1.82, 2.24) is 20.2 Å². The van der Waals surface area contributed by atoms with Gasteiger partial charge in [0, 0.05) is 23.7 Å². The summed E-state index contributed by atoms with van der Waals surface area (Å²) in [5, 5.41) is 4.97. The van der Waals surface area contributed by atoms with E-state index in [1.54, 1.807) is 19.1 Å². The van der Waals surface area contributed by atoms with Gasteiger partial charge in [-0.25, -0.2) is 13.8 Å². The zero-order valence-corrected chi connectivity index (χ0v) is 18.7. The summed E-state index contributed by atoms with van der Waals surface area (Å²) in [6.07, 6.45) is 1.67. The predicted octanol–water partition coefficient (Wildman–Crippen LogP) is 2.67. The lowest BCUT2D eigenvalue weighted by molar-refractivity contribution is -0.120. The van der Waals surface area contributed by atoms with Crippen LogP contribution in [0.1, 0.15) is 27.9 Å². The van der Waals surface area contributed by atoms with Crippen LogP contribution in [0.4, 0.5) is 8.78 Å². The average molecular weight is 489 g/mol. The van der Waals surface area contributed by atoms with Crippen molar-refractivity contribution < 1.29 is 23.1 Å². The molecule has 1 aliphatic heterocycles. The summed E-state index contributed by atoms with van der Waals surface area (Å²) in [5.41, 5.74) is 0.669. The van der Waals surface area contributed by atoms with Gasteiger partial charge in [-0.15, -0.1) is 0 Å². The first kappa shape index (κ1) is 23.4. The summed E-state index contributed by atoms with van der Waals surface area (Å²) in [6.45, 7) is 1.92. The van der Waals surface area contributed by atoms with E-state index in [4.69, 9.17) is 16.3 Å². The first-order valence-electron chi connectivity index (χ1n) is 10.3. The molecule has 34 heavy (non-hydrogen) atoms. The summed E-state index contributed by atoms with van der Waals surface area (Å²) in [6, 6.07) is 7.13. The van der Waals surface area contributed by atoms with Crippen LogP contribution in [0.15, 0.2) is 47.5 Å². The number of rotatable bonds is 6. The van der Waals surface area contributed by atoms with Crippen LogP contribution in [-0.4, -0.2) is 34.0 Å². The summed E-state index contributed by atoms with van der Waals surface area (Å²) in [4.78, 5) is 41.3. The number of aromatic nitrogens is 2. The lowest BCUT2D eigenvalue weighted by Gasteiger charge is -2.14. The highest BCUT2D eigenvalue weighted by Gasteiger charge is 2.26. The van der Waals surface area contributed by atoms with Gasteiger partial charge in [-0.05, 0) is 43.2 Å². The van der Waals surface area contributed by atoms with Crippen LogP contribution in [-0.2, 0) is 11.4 Å². The van der Waals surface area contributed by atoms with E-state index in [2.05, 4.69) is 15.6 Å². The number of halogens is 3. The molecule has 0 aliphatic carbocycles. The molecule has 8 nitrogen and oxygen atoms in total. The Morgan fingerprint density at radius 1 is 1.26 bits per heavy atom. The second-order valence-electron chi connectivity index (χ2n) is 7.67. The summed E-state index contributed by atoms with van der Waals surface area (Å²) in [7, 11) is 0. The second kappa shape index (κ2) is 9.60. The summed E-state index contributed by atoms with van der Waals surface area (Å²) >= 11 is 6.17. The molecule has 1 aromatic heterocycles. The van der Waals surface area contributed by atoms with Crippen molar-refractivity contribution in [1.29, 1.82) is 0 Å². The number of benzene rings is 2. The Morgan fingerprint density at radius 2 is 2.06 bits per heavy atom. The molecule has 3 aromatic rings. The van der Waals surface area contributed by atoms with E-state index in [0.29, 0.717) is 24.2 Å². The minimum absolute atomic E-state index is 0.0638. The zero-order chi connectivity index (χ0) is 24.4. The highest BCUT2D eigenvalue weighted by Crippen LogP contribution is 2.22. The normalized spacial score (nSPS) is 15.2. The maximum Gasteiger partial charge on any atom is 0.280 e. The molecule has 0 bridgehead atoms. The molecule has 0 saturated carbocycles. The Morgan fingerprint density at radius 3 is 2.76 bits per heavy atom. The molecule has 11 heteroatoms. The van der Waals surface area contributed by atoms with Crippen molar-refractivity contribution in [3.05, 3.63) is 86.4 Å². The maximum absolute atomic E-state index is 13.8. The number of carbonyl (C=O) groups excluding carboxylic acids is 2. The molecular weight excluding hydrogens is 470 g/mol. The smallest absolute Gasteiger partial charge is 0.280 e. The van der Waals surface area contributed by atoms with Crippen molar-refractivity contribution in [2.75, 3.05) is 6.54 Å². The van der Waals surface area contributed by atoms with Crippen LogP contribution in [0, 0.1) is 18.6 Å². The molecule has 1 unspecified atom stereocenters. The van der Waals surface area contributed by atoms with Crippen LogP contribution in [0.5, 0.6) is 5.88 Å². The van der Waals surface area contributed by atoms with Crippen LogP contribution < -0.4 is 20.9 Å². The number of nitrogens with zero attached hydrogens (tertiary/aromatic N) is 2. The minimum atomic E-state index is -0.801. The SMILES string of the molecule is Cc1ccc(C(=O)NC2CCNC2=O)cc1-n1cnc(OCc2ccc(F)cc2F)c(Cl)c1=O. The Kier molecular flexibility index (Phi) is 6.60. The number of nitrogens with one attached hydrogen (secondary N) is 2. The number of ether oxygens (including phenoxy) is 1. The van der Waals surface area contributed by atoms with E-state index >= 15 is 0 Å². The highest BCUT2D eigenvalue weighted by atomic mass is 35.5. The summed E-state index contributed by atoms with van der Waals surface area (Å²) < 4.78 is 33.4. The fraction of sp³-hybridized carbons (Fsp3) is 0.217. The molecule has 1 saturated heterocycles. The van der Waals surface area contributed by atoms with Gasteiger partial charge in [0.05, 0.1) is 5.69 Å². The molecular formula is C23H19ClF2N4O4. The highest BCUT2D eigenvalue weighted by molar-refractivity contribution is 6.31. The monoisotopic (exact) mass is 488 g/mol. The molecule has 2 heterocycles. The lowest BCUT2D eigenvalue weighted by atomic mass is 10.1. The third-order valence-electron chi connectivity index (χ3n) is 5.35. The number of hydrogen-bond acceptors (Lipinski definition) is 5. The van der Waals surface area contributed by atoms with E-state index in [-0.39, 0.29) is 34.5 Å². The van der Waals surface area contributed by atoms with Crippen molar-refractivity contribution >= 4 is 23.4 Å². The molecule has 0 radical (unpaired) electrons. The van der Waals surface area contributed by atoms with Crippen molar-refractivity contribution in [3.63, 3.8) is 0 Å². The second-order valence-corrected chi connectivity index (χ2v) is 8.05. The number of amides is 2. The quantitative estimate of drug-likeness (QED) is 0.555. The van der Waals surface area contributed by atoms with Gasteiger partial charge >= 0.3 is 0 Å². The van der Waals surface area contributed by atoms with Gasteiger partial charge < -0.3 is 15.4 Å². The van der Waals surface area contributed by atoms with E-state index in [1.807, 2.05) is 0 Å². The molecule has 176 valence electrons. The molecule has 1 aliphatic rings. The van der Waals surface area contributed by atoms with Crippen LogP contribution >= 0.6 is 11.6 Å². The van der Waals surface area contributed by atoms with E-state index in [1.165, 1.54) is 18.5 Å². The Labute approximate surface area is 197 Å². The first-order valence-corrected chi connectivity index (χ1v) is 10.7. The van der Waals surface area contributed by atoms with Gasteiger partial charge in [-0.3, -0.25) is 19.0 Å². The fourth-order valence-corrected chi connectivity index (χ4v) is 3.65. The minimum Gasteiger partial charge on any atom is -0.471 e. The maximum atomic E-state index is 13.8. The summed E-state index contributed by atoms with van der Waals surface area (Å²) in [5.74, 6) is -2.45. The number of carbonyl (C=O) groups is 2. The van der Waals surface area contributed by atoms with Gasteiger partial charge in [0.1, 0.15) is 30.6 Å². The van der Waals surface area contributed by atoms with E-state index < -0.39 is 29.1 Å². The molecule has 2 aromatic carbocycles. The molecule has 4 rings (SSSR count). The van der Waals surface area contributed by atoms with Crippen molar-refractivity contribution in [2.24, 2.45) is 0 Å². The van der Waals surface area contributed by atoms with Crippen LogP contribution in [0.2, 0.25) is 5.02 Å². The topological polar surface area (TPSA) is 102 Å². The van der Waals surface area contributed by atoms with Crippen molar-refractivity contribution in [3.8, 4) is 11.6 Å². The predicted molar refractivity (Wildman–Crippen MR) is 119 cm³/mol. The van der Waals surface area contributed by atoms with Gasteiger partial charge in [-0.1, -0.05) is 17.7 Å². The molecule has 0 spiro atoms. The van der Waals surface area contributed by atoms with Crippen LogP contribution in [0.3, 0.4) is 0 Å². The van der Waals surface area contributed by atoms with Gasteiger partial charge in [0.25, 0.3) is 11.5 Å². The Hall–Kier alpha value is -3.79. The van der Waals surface area contributed by atoms with Gasteiger partial charge in [0.15, 0.2) is 5.02 Å². The third-order valence-corrected chi connectivity index (χ3v) is 5.67. The van der Waals surface area contributed by atoms with Crippen LogP contribution in [0.25, 0.3) is 5.69 Å². The Balaban J connectivity index is 1.57. The Bertz CT molecular complexity index is 1350.